The Balaban J connectivity index is 2.35. The van der Waals surface area contributed by atoms with Gasteiger partial charge in [-0.15, -0.1) is 0 Å². The van der Waals surface area contributed by atoms with Gasteiger partial charge in [-0.05, 0) is 22.0 Å². The minimum atomic E-state index is -0.387. The van der Waals surface area contributed by atoms with Crippen molar-refractivity contribution in [2.75, 3.05) is 13.7 Å². The number of rotatable bonds is 2. The summed E-state index contributed by atoms with van der Waals surface area (Å²) in [6, 6.07) is 5.65. The van der Waals surface area contributed by atoms with Gasteiger partial charge in [-0.1, -0.05) is 12.1 Å². The number of hydrogen-bond donors (Lipinski definition) is 1. The van der Waals surface area contributed by atoms with Crippen molar-refractivity contribution in [2.45, 2.75) is 6.10 Å². The maximum Gasteiger partial charge on any atom is 0.407 e. The third-order valence-corrected chi connectivity index (χ3v) is 2.85. The summed E-state index contributed by atoms with van der Waals surface area (Å²) in [4.78, 5) is 10.9. The molecule has 1 aromatic rings. The number of ether oxygens (including phenoxy) is 2. The quantitative estimate of drug-likeness (QED) is 0.898. The zero-order chi connectivity index (χ0) is 10.8. The van der Waals surface area contributed by atoms with Gasteiger partial charge in [-0.25, -0.2) is 4.79 Å². The lowest BCUT2D eigenvalue weighted by atomic mass is 10.1. The van der Waals surface area contributed by atoms with Crippen LogP contribution in [-0.2, 0) is 4.74 Å². The van der Waals surface area contributed by atoms with Gasteiger partial charge in [0.1, 0.15) is 11.9 Å². The van der Waals surface area contributed by atoms with E-state index in [-0.39, 0.29) is 12.2 Å². The van der Waals surface area contributed by atoms with Crippen LogP contribution in [0.25, 0.3) is 0 Å². The number of amides is 1. The Bertz CT molecular complexity index is 394. The van der Waals surface area contributed by atoms with Gasteiger partial charge in [0.25, 0.3) is 0 Å². The fourth-order valence-electron chi connectivity index (χ4n) is 1.56. The first kappa shape index (κ1) is 10.3. The lowest BCUT2D eigenvalue weighted by molar-refractivity contribution is 0.139. The average Bonchev–Trinajstić information content (AvgIpc) is 2.64. The summed E-state index contributed by atoms with van der Waals surface area (Å²) in [6.45, 7) is 0.478. The van der Waals surface area contributed by atoms with Crippen LogP contribution in [0.3, 0.4) is 0 Å². The van der Waals surface area contributed by atoms with Crippen molar-refractivity contribution in [3.05, 3.63) is 28.2 Å². The molecule has 1 aromatic carbocycles. The van der Waals surface area contributed by atoms with E-state index in [4.69, 9.17) is 9.47 Å². The first-order chi connectivity index (χ1) is 7.22. The van der Waals surface area contributed by atoms with Crippen LogP contribution in [0.15, 0.2) is 22.7 Å². The van der Waals surface area contributed by atoms with E-state index < -0.39 is 0 Å². The summed E-state index contributed by atoms with van der Waals surface area (Å²) in [7, 11) is 1.59. The molecule has 1 saturated heterocycles. The second kappa shape index (κ2) is 4.10. The normalized spacial score (nSPS) is 19.6. The summed E-state index contributed by atoms with van der Waals surface area (Å²) < 4.78 is 11.2. The Morgan fingerprint density at radius 2 is 2.40 bits per heavy atom. The molecule has 0 spiro atoms. The lowest BCUT2D eigenvalue weighted by Crippen LogP contribution is -2.12. The van der Waals surface area contributed by atoms with Crippen LogP contribution < -0.4 is 10.1 Å². The maximum atomic E-state index is 10.9. The Morgan fingerprint density at radius 3 is 3.00 bits per heavy atom. The van der Waals surface area contributed by atoms with Gasteiger partial charge in [0, 0.05) is 5.56 Å². The zero-order valence-electron chi connectivity index (χ0n) is 8.12. The van der Waals surface area contributed by atoms with Crippen LogP contribution in [0.5, 0.6) is 5.75 Å². The highest BCUT2D eigenvalue weighted by Crippen LogP contribution is 2.35. The molecule has 1 amide bonds. The molecule has 1 atom stereocenters. The predicted molar refractivity (Wildman–Crippen MR) is 57.9 cm³/mol. The standard InChI is InChI=1S/C10H10BrNO3/c1-14-9-6(3-2-4-7(9)11)8-5-12-10(13)15-8/h2-4,8H,5H2,1H3,(H,12,13). The van der Waals surface area contributed by atoms with Crippen LogP contribution >= 0.6 is 15.9 Å². The number of carbonyl (C=O) groups excluding carboxylic acids is 1. The van der Waals surface area contributed by atoms with Crippen molar-refractivity contribution >= 4 is 22.0 Å². The third kappa shape index (κ3) is 1.92. The number of halogens is 1. The van der Waals surface area contributed by atoms with Crippen LogP contribution in [0, 0.1) is 0 Å². The van der Waals surface area contributed by atoms with E-state index in [1.54, 1.807) is 7.11 Å². The molecule has 1 fully saturated rings. The van der Waals surface area contributed by atoms with Gasteiger partial charge in [0.15, 0.2) is 0 Å². The second-order valence-electron chi connectivity index (χ2n) is 3.14. The summed E-state index contributed by atoms with van der Waals surface area (Å²) in [5.74, 6) is 0.707. The third-order valence-electron chi connectivity index (χ3n) is 2.23. The maximum absolute atomic E-state index is 10.9. The molecule has 0 bridgehead atoms. The van der Waals surface area contributed by atoms with Gasteiger partial charge in [0.05, 0.1) is 18.1 Å². The highest BCUT2D eigenvalue weighted by Gasteiger charge is 2.27. The van der Waals surface area contributed by atoms with Crippen LogP contribution in [0.2, 0.25) is 0 Å². The minimum absolute atomic E-state index is 0.273. The highest BCUT2D eigenvalue weighted by molar-refractivity contribution is 9.10. The van der Waals surface area contributed by atoms with Crippen molar-refractivity contribution in [3.8, 4) is 5.75 Å². The highest BCUT2D eigenvalue weighted by atomic mass is 79.9. The number of methoxy groups -OCH3 is 1. The van der Waals surface area contributed by atoms with Gasteiger partial charge in [-0.2, -0.15) is 0 Å². The molecule has 4 nitrogen and oxygen atoms in total. The summed E-state index contributed by atoms with van der Waals surface area (Å²) in [5.41, 5.74) is 0.866. The zero-order valence-corrected chi connectivity index (χ0v) is 9.71. The summed E-state index contributed by atoms with van der Waals surface area (Å²) in [6.07, 6.45) is -0.660. The number of nitrogens with one attached hydrogen (secondary N) is 1. The average molecular weight is 272 g/mol. The number of carbonyl (C=O) groups is 1. The molecule has 0 aromatic heterocycles. The van der Waals surface area contributed by atoms with Crippen molar-refractivity contribution in [2.24, 2.45) is 0 Å². The fourth-order valence-corrected chi connectivity index (χ4v) is 2.10. The molecule has 1 aliphatic rings. The molecular weight excluding hydrogens is 262 g/mol. The van der Waals surface area contributed by atoms with Gasteiger partial charge >= 0.3 is 6.09 Å². The Labute approximate surface area is 95.7 Å². The van der Waals surface area contributed by atoms with Crippen molar-refractivity contribution in [1.29, 1.82) is 0 Å². The Hall–Kier alpha value is -1.23. The summed E-state index contributed by atoms with van der Waals surface area (Å²) >= 11 is 3.38. The molecule has 1 heterocycles. The number of cyclic esters (lactones) is 1. The molecule has 0 aliphatic carbocycles. The molecule has 80 valence electrons. The van der Waals surface area contributed by atoms with Crippen LogP contribution in [0.1, 0.15) is 11.7 Å². The van der Waals surface area contributed by atoms with E-state index >= 15 is 0 Å². The van der Waals surface area contributed by atoms with Crippen molar-refractivity contribution < 1.29 is 14.3 Å². The van der Waals surface area contributed by atoms with E-state index in [0.29, 0.717) is 12.3 Å². The van der Waals surface area contributed by atoms with Crippen LogP contribution in [0.4, 0.5) is 4.79 Å². The van der Waals surface area contributed by atoms with Crippen molar-refractivity contribution in [3.63, 3.8) is 0 Å². The van der Waals surface area contributed by atoms with E-state index in [2.05, 4.69) is 21.2 Å². The van der Waals surface area contributed by atoms with E-state index in [1.807, 2.05) is 18.2 Å². The second-order valence-corrected chi connectivity index (χ2v) is 3.99. The molecule has 0 saturated carbocycles. The predicted octanol–water partition coefficient (Wildman–Crippen LogP) is 2.24. The van der Waals surface area contributed by atoms with Gasteiger partial charge in [0.2, 0.25) is 0 Å². The van der Waals surface area contributed by atoms with Crippen LogP contribution in [-0.4, -0.2) is 19.7 Å². The molecule has 2 rings (SSSR count). The van der Waals surface area contributed by atoms with E-state index in [9.17, 15) is 4.79 Å². The molecule has 1 aliphatic heterocycles. The van der Waals surface area contributed by atoms with Gasteiger partial charge < -0.3 is 14.8 Å². The molecule has 0 radical (unpaired) electrons. The Kier molecular flexibility index (Phi) is 2.81. The van der Waals surface area contributed by atoms with E-state index in [1.165, 1.54) is 0 Å². The first-order valence-electron chi connectivity index (χ1n) is 4.49. The topological polar surface area (TPSA) is 47.6 Å². The van der Waals surface area contributed by atoms with Crippen molar-refractivity contribution in [1.82, 2.24) is 5.32 Å². The molecule has 5 heteroatoms. The lowest BCUT2D eigenvalue weighted by Gasteiger charge is -2.13. The SMILES string of the molecule is COc1c(Br)cccc1C1CNC(=O)O1. The number of alkyl carbamates (subject to hydrolysis) is 1. The molecular formula is C10H10BrNO3. The van der Waals surface area contributed by atoms with E-state index in [0.717, 1.165) is 10.0 Å². The molecule has 15 heavy (non-hydrogen) atoms. The Morgan fingerprint density at radius 1 is 1.60 bits per heavy atom. The molecule has 1 unspecified atom stereocenters. The monoisotopic (exact) mass is 271 g/mol. The minimum Gasteiger partial charge on any atom is -0.495 e. The molecule has 1 N–H and O–H groups in total. The largest absolute Gasteiger partial charge is 0.495 e. The fraction of sp³-hybridized carbons (Fsp3) is 0.300. The number of benzene rings is 1. The first-order valence-corrected chi connectivity index (χ1v) is 5.28. The summed E-state index contributed by atoms with van der Waals surface area (Å²) in [5, 5.41) is 2.61. The number of para-hydroxylation sites is 1. The smallest absolute Gasteiger partial charge is 0.407 e. The number of hydrogen-bond acceptors (Lipinski definition) is 3. The van der Waals surface area contributed by atoms with Gasteiger partial charge in [-0.3, -0.25) is 0 Å².